The van der Waals surface area contributed by atoms with Crippen molar-refractivity contribution < 1.29 is 19.1 Å². The summed E-state index contributed by atoms with van der Waals surface area (Å²) in [5, 5.41) is 0.706. The van der Waals surface area contributed by atoms with E-state index in [2.05, 4.69) is 4.98 Å². The Balaban J connectivity index is 1.51. The van der Waals surface area contributed by atoms with Gasteiger partial charge in [-0.05, 0) is 24.3 Å². The summed E-state index contributed by atoms with van der Waals surface area (Å²) in [6, 6.07) is 15.2. The molecule has 1 aromatic heterocycles. The third kappa shape index (κ3) is 4.95. The lowest BCUT2D eigenvalue weighted by atomic mass is 10.2. The molecule has 3 rings (SSSR count). The van der Waals surface area contributed by atoms with Gasteiger partial charge in [0, 0.05) is 25.2 Å². The Morgan fingerprint density at radius 2 is 1.89 bits per heavy atom. The Labute approximate surface area is 167 Å². The van der Waals surface area contributed by atoms with Crippen molar-refractivity contribution in [3.05, 3.63) is 65.2 Å². The number of para-hydroxylation sites is 2. The van der Waals surface area contributed by atoms with Crippen LogP contribution < -0.4 is 4.74 Å². The Hall–Kier alpha value is -3.19. The molecule has 6 nitrogen and oxygen atoms in total. The van der Waals surface area contributed by atoms with Crippen molar-refractivity contribution in [1.82, 2.24) is 9.88 Å². The standard InChI is InChI=1S/C21H20N2O4S/c1-23(13-15-7-3-5-9-17(15)26-2)20(24)14-27-21(25)12-11-19-22-16-8-4-6-10-18(16)28-19/h3-12H,13-14H2,1-2H3/b12-11+. The predicted octanol–water partition coefficient (Wildman–Crippen LogP) is 3.52. The first-order valence-electron chi connectivity index (χ1n) is 8.63. The van der Waals surface area contributed by atoms with E-state index in [4.69, 9.17) is 9.47 Å². The number of rotatable bonds is 7. The van der Waals surface area contributed by atoms with E-state index in [0.29, 0.717) is 17.3 Å². The minimum Gasteiger partial charge on any atom is -0.496 e. The van der Waals surface area contributed by atoms with Gasteiger partial charge in [0.1, 0.15) is 10.8 Å². The maximum Gasteiger partial charge on any atom is 0.331 e. The van der Waals surface area contributed by atoms with Crippen molar-refractivity contribution in [3.63, 3.8) is 0 Å². The number of aromatic nitrogens is 1. The summed E-state index contributed by atoms with van der Waals surface area (Å²) in [5.74, 6) is -0.177. The zero-order valence-electron chi connectivity index (χ0n) is 15.6. The molecular weight excluding hydrogens is 376 g/mol. The highest BCUT2D eigenvalue weighted by atomic mass is 32.1. The minimum absolute atomic E-state index is 0.298. The monoisotopic (exact) mass is 396 g/mol. The van der Waals surface area contributed by atoms with Crippen LogP contribution in [0.3, 0.4) is 0 Å². The number of thiazole rings is 1. The first-order valence-corrected chi connectivity index (χ1v) is 9.44. The summed E-state index contributed by atoms with van der Waals surface area (Å²) in [6.07, 6.45) is 2.88. The fourth-order valence-electron chi connectivity index (χ4n) is 2.57. The van der Waals surface area contributed by atoms with E-state index in [0.717, 1.165) is 15.8 Å². The van der Waals surface area contributed by atoms with Gasteiger partial charge in [-0.2, -0.15) is 0 Å². The molecule has 144 valence electrons. The SMILES string of the molecule is COc1ccccc1CN(C)C(=O)COC(=O)/C=C/c1nc2ccccc2s1. The van der Waals surface area contributed by atoms with Crippen LogP contribution in [-0.4, -0.2) is 42.5 Å². The molecule has 3 aromatic rings. The van der Waals surface area contributed by atoms with Crippen molar-refractivity contribution >= 4 is 39.5 Å². The molecule has 28 heavy (non-hydrogen) atoms. The number of methoxy groups -OCH3 is 1. The van der Waals surface area contributed by atoms with E-state index in [-0.39, 0.29) is 12.5 Å². The molecule has 0 bridgehead atoms. The molecule has 1 heterocycles. The average molecular weight is 396 g/mol. The lowest BCUT2D eigenvalue weighted by Gasteiger charge is -2.18. The molecule has 0 aliphatic heterocycles. The number of esters is 1. The Kier molecular flexibility index (Phi) is 6.39. The lowest BCUT2D eigenvalue weighted by Crippen LogP contribution is -2.30. The van der Waals surface area contributed by atoms with Gasteiger partial charge < -0.3 is 14.4 Å². The van der Waals surface area contributed by atoms with Crippen LogP contribution in [0.2, 0.25) is 0 Å². The summed E-state index contributed by atoms with van der Waals surface area (Å²) in [5.41, 5.74) is 1.76. The van der Waals surface area contributed by atoms with E-state index in [1.54, 1.807) is 20.2 Å². The molecule has 0 saturated carbocycles. The highest BCUT2D eigenvalue weighted by Gasteiger charge is 2.13. The molecule has 0 aliphatic carbocycles. The molecule has 7 heteroatoms. The molecule has 0 radical (unpaired) electrons. The number of ether oxygens (including phenoxy) is 2. The zero-order valence-corrected chi connectivity index (χ0v) is 16.4. The van der Waals surface area contributed by atoms with E-state index in [1.165, 1.54) is 22.3 Å². The lowest BCUT2D eigenvalue weighted by molar-refractivity contribution is -0.147. The molecule has 1 amide bonds. The third-order valence-corrected chi connectivity index (χ3v) is 5.04. The number of carbonyl (C=O) groups excluding carboxylic acids is 2. The maximum atomic E-state index is 12.2. The van der Waals surface area contributed by atoms with E-state index in [1.807, 2.05) is 48.5 Å². The van der Waals surface area contributed by atoms with Crippen LogP contribution in [0.4, 0.5) is 0 Å². The van der Waals surface area contributed by atoms with Crippen molar-refractivity contribution in [3.8, 4) is 5.75 Å². The summed E-state index contributed by atoms with van der Waals surface area (Å²) in [4.78, 5) is 30.0. The van der Waals surface area contributed by atoms with E-state index >= 15 is 0 Å². The van der Waals surface area contributed by atoms with Crippen LogP contribution in [0.5, 0.6) is 5.75 Å². The number of carbonyl (C=O) groups is 2. The van der Waals surface area contributed by atoms with Gasteiger partial charge in [0.2, 0.25) is 0 Å². The summed E-state index contributed by atoms with van der Waals surface area (Å²) in [7, 11) is 3.24. The second-order valence-electron chi connectivity index (χ2n) is 6.02. The number of hydrogen-bond donors (Lipinski definition) is 0. The van der Waals surface area contributed by atoms with Crippen molar-refractivity contribution in [1.29, 1.82) is 0 Å². The minimum atomic E-state index is -0.585. The van der Waals surface area contributed by atoms with Gasteiger partial charge >= 0.3 is 5.97 Å². The molecule has 0 unspecified atom stereocenters. The van der Waals surface area contributed by atoms with Crippen LogP contribution in [0.25, 0.3) is 16.3 Å². The molecule has 0 N–H and O–H groups in total. The van der Waals surface area contributed by atoms with Crippen LogP contribution in [0.15, 0.2) is 54.6 Å². The fraction of sp³-hybridized carbons (Fsp3) is 0.190. The maximum absolute atomic E-state index is 12.2. The molecule has 0 atom stereocenters. The van der Waals surface area contributed by atoms with E-state index in [9.17, 15) is 9.59 Å². The fourth-order valence-corrected chi connectivity index (χ4v) is 3.44. The van der Waals surface area contributed by atoms with Gasteiger partial charge in [0.15, 0.2) is 6.61 Å². The number of nitrogens with zero attached hydrogens (tertiary/aromatic N) is 2. The number of amides is 1. The van der Waals surface area contributed by atoms with Gasteiger partial charge in [0.05, 0.1) is 17.3 Å². The largest absolute Gasteiger partial charge is 0.496 e. The smallest absolute Gasteiger partial charge is 0.331 e. The Bertz CT molecular complexity index is 979. The third-order valence-electron chi connectivity index (χ3n) is 4.04. The number of hydrogen-bond acceptors (Lipinski definition) is 6. The van der Waals surface area contributed by atoms with Gasteiger partial charge in [-0.15, -0.1) is 11.3 Å². The highest BCUT2D eigenvalue weighted by Crippen LogP contribution is 2.22. The Morgan fingerprint density at radius 3 is 2.68 bits per heavy atom. The molecule has 0 aliphatic rings. The highest BCUT2D eigenvalue weighted by molar-refractivity contribution is 7.19. The summed E-state index contributed by atoms with van der Waals surface area (Å²) < 4.78 is 11.4. The summed E-state index contributed by atoms with van der Waals surface area (Å²) >= 11 is 1.48. The quantitative estimate of drug-likeness (QED) is 0.451. The Morgan fingerprint density at radius 1 is 1.14 bits per heavy atom. The van der Waals surface area contributed by atoms with Crippen LogP contribution in [-0.2, 0) is 20.9 Å². The molecule has 2 aromatic carbocycles. The normalized spacial score (nSPS) is 10.9. The van der Waals surface area contributed by atoms with Gasteiger partial charge in [-0.3, -0.25) is 4.79 Å². The number of fused-ring (bicyclic) bond motifs is 1. The first kappa shape index (κ1) is 19.6. The predicted molar refractivity (Wildman–Crippen MR) is 109 cm³/mol. The van der Waals surface area contributed by atoms with Gasteiger partial charge in [-0.25, -0.2) is 9.78 Å². The topological polar surface area (TPSA) is 68.7 Å². The second kappa shape index (κ2) is 9.14. The van der Waals surface area contributed by atoms with Crippen LogP contribution in [0, 0.1) is 0 Å². The molecule has 0 spiro atoms. The van der Waals surface area contributed by atoms with Crippen LogP contribution in [0.1, 0.15) is 10.6 Å². The molecular formula is C21H20N2O4S. The zero-order chi connectivity index (χ0) is 19.9. The van der Waals surface area contributed by atoms with Crippen molar-refractivity contribution in [2.75, 3.05) is 20.8 Å². The summed E-state index contributed by atoms with van der Waals surface area (Å²) in [6.45, 7) is 0.0383. The van der Waals surface area contributed by atoms with Crippen molar-refractivity contribution in [2.45, 2.75) is 6.54 Å². The number of benzene rings is 2. The van der Waals surface area contributed by atoms with Gasteiger partial charge in [0.25, 0.3) is 5.91 Å². The van der Waals surface area contributed by atoms with E-state index < -0.39 is 5.97 Å². The first-order chi connectivity index (χ1) is 13.6. The van der Waals surface area contributed by atoms with Crippen molar-refractivity contribution in [2.24, 2.45) is 0 Å². The second-order valence-corrected chi connectivity index (χ2v) is 7.08. The molecule has 0 saturated heterocycles. The number of likely N-dealkylation sites (N-methyl/N-ethyl adjacent to an activating group) is 1. The average Bonchev–Trinajstić information content (AvgIpc) is 3.13. The van der Waals surface area contributed by atoms with Crippen LogP contribution >= 0.6 is 11.3 Å². The van der Waals surface area contributed by atoms with Gasteiger partial charge in [-0.1, -0.05) is 30.3 Å². The molecule has 0 fully saturated rings.